The molecule has 294 valence electrons. The van der Waals surface area contributed by atoms with E-state index in [1.807, 2.05) is 13.8 Å². The lowest BCUT2D eigenvalue weighted by Gasteiger charge is -2.34. The third-order valence-corrected chi connectivity index (χ3v) is 9.20. The summed E-state index contributed by atoms with van der Waals surface area (Å²) in [6.07, 6.45) is 7.41. The number of amides is 5. The molecule has 0 radical (unpaired) electrons. The van der Waals surface area contributed by atoms with Crippen molar-refractivity contribution >= 4 is 35.5 Å². The van der Waals surface area contributed by atoms with Gasteiger partial charge in [0, 0.05) is 27.3 Å². The van der Waals surface area contributed by atoms with Crippen LogP contribution in [0.5, 0.6) is 0 Å². The number of unbranched alkanes of at least 4 members (excludes halogenated alkanes) is 7. The summed E-state index contributed by atoms with van der Waals surface area (Å²) in [5.41, 5.74) is 5.82. The van der Waals surface area contributed by atoms with Crippen LogP contribution in [-0.2, 0) is 38.2 Å². The molecule has 0 saturated carbocycles. The number of aliphatic hydroxyl groups is 1. The Morgan fingerprint density at radius 3 is 2.00 bits per heavy atom. The van der Waals surface area contributed by atoms with Crippen LogP contribution in [0.2, 0.25) is 0 Å². The first-order valence-corrected chi connectivity index (χ1v) is 18.7. The minimum Gasteiger partial charge on any atom is -0.460 e. The molecular formula is C36H66N6O9. The normalized spacial score (nSPS) is 25.6. The van der Waals surface area contributed by atoms with Gasteiger partial charge in [0.25, 0.3) is 0 Å². The van der Waals surface area contributed by atoms with Crippen LogP contribution in [0.3, 0.4) is 0 Å². The summed E-state index contributed by atoms with van der Waals surface area (Å²) in [6, 6.07) is -4.89. The number of nitrogens with zero attached hydrogens (tertiary/aromatic N) is 1. The van der Waals surface area contributed by atoms with Crippen LogP contribution in [0.15, 0.2) is 0 Å². The van der Waals surface area contributed by atoms with Crippen LogP contribution >= 0.6 is 0 Å². The summed E-state index contributed by atoms with van der Waals surface area (Å²) in [4.78, 5) is 82.1. The Labute approximate surface area is 304 Å². The average molecular weight is 727 g/mol. The van der Waals surface area contributed by atoms with Crippen molar-refractivity contribution in [2.75, 3.05) is 33.9 Å². The molecule has 51 heavy (non-hydrogen) atoms. The van der Waals surface area contributed by atoms with E-state index in [1.165, 1.54) is 45.2 Å². The van der Waals surface area contributed by atoms with E-state index in [2.05, 4.69) is 28.2 Å². The molecule has 5 amide bonds. The van der Waals surface area contributed by atoms with E-state index in [4.69, 9.17) is 15.2 Å². The highest BCUT2D eigenvalue weighted by atomic mass is 16.5. The average Bonchev–Trinajstić information content (AvgIpc) is 3.09. The Hall–Kier alpha value is -3.30. The molecule has 1 fully saturated rings. The maximum Gasteiger partial charge on any atom is 0.325 e. The Morgan fingerprint density at radius 2 is 1.43 bits per heavy atom. The fraction of sp³-hybridized carbons (Fsp3) is 0.833. The summed E-state index contributed by atoms with van der Waals surface area (Å²) in [5, 5.41) is 20.4. The van der Waals surface area contributed by atoms with E-state index >= 15 is 0 Å². The lowest BCUT2D eigenvalue weighted by molar-refractivity contribution is -0.157. The van der Waals surface area contributed by atoms with Crippen molar-refractivity contribution in [2.24, 2.45) is 17.6 Å². The number of carbonyl (C=O) groups is 6. The van der Waals surface area contributed by atoms with Crippen molar-refractivity contribution in [3.63, 3.8) is 0 Å². The van der Waals surface area contributed by atoms with Gasteiger partial charge in [0.15, 0.2) is 0 Å². The molecule has 0 aliphatic carbocycles. The summed E-state index contributed by atoms with van der Waals surface area (Å²) >= 11 is 0. The first kappa shape index (κ1) is 45.7. The van der Waals surface area contributed by atoms with E-state index < -0.39 is 84.3 Å². The molecule has 15 nitrogen and oxygen atoms in total. The van der Waals surface area contributed by atoms with Gasteiger partial charge in [-0.3, -0.25) is 28.8 Å². The van der Waals surface area contributed by atoms with Gasteiger partial charge in [-0.2, -0.15) is 0 Å². The number of methoxy groups -OCH3 is 1. The van der Waals surface area contributed by atoms with Crippen LogP contribution in [0.25, 0.3) is 0 Å². The van der Waals surface area contributed by atoms with E-state index in [1.54, 1.807) is 6.92 Å². The summed E-state index contributed by atoms with van der Waals surface area (Å²) < 4.78 is 10.9. The zero-order valence-electron chi connectivity index (χ0n) is 32.0. The number of rotatable bonds is 17. The van der Waals surface area contributed by atoms with E-state index in [9.17, 15) is 33.9 Å². The number of cyclic esters (lactones) is 1. The largest absolute Gasteiger partial charge is 0.460 e. The van der Waals surface area contributed by atoms with Crippen LogP contribution in [0.4, 0.5) is 0 Å². The van der Waals surface area contributed by atoms with Crippen molar-refractivity contribution in [1.82, 2.24) is 26.2 Å². The Morgan fingerprint density at radius 1 is 0.843 bits per heavy atom. The molecule has 0 aromatic carbocycles. The molecule has 0 spiro atoms. The zero-order valence-corrected chi connectivity index (χ0v) is 32.0. The minimum absolute atomic E-state index is 0.00424. The monoisotopic (exact) mass is 726 g/mol. The molecule has 15 heteroatoms. The molecule has 7 N–H and O–H groups in total. The van der Waals surface area contributed by atoms with Gasteiger partial charge >= 0.3 is 5.97 Å². The molecule has 0 aromatic rings. The number of hydrogen-bond acceptors (Lipinski definition) is 10. The Kier molecular flexibility index (Phi) is 22.2. The fourth-order valence-electron chi connectivity index (χ4n) is 6.02. The van der Waals surface area contributed by atoms with Gasteiger partial charge in [-0.15, -0.1) is 0 Å². The SMILES string of the molecule is CCCCCCCCCC[C@H]1OC(=O)CNC(=O)[C@H]([C@H](C)O)NC(=O)[C@H](CN)NC(=O)[C@H](CCCOC)NC(=O)[C@H](CC(C)C)N(C)C(=O)[C@@H]1C. The van der Waals surface area contributed by atoms with Crippen LogP contribution < -0.4 is 27.0 Å². The van der Waals surface area contributed by atoms with E-state index in [-0.39, 0.29) is 25.3 Å². The number of hydrogen-bond donors (Lipinski definition) is 6. The van der Waals surface area contributed by atoms with E-state index in [0.717, 1.165) is 25.7 Å². The fourth-order valence-corrected chi connectivity index (χ4v) is 6.02. The van der Waals surface area contributed by atoms with Crippen molar-refractivity contribution in [3.8, 4) is 0 Å². The third-order valence-electron chi connectivity index (χ3n) is 9.20. The molecule has 0 aromatic heterocycles. The van der Waals surface area contributed by atoms with Gasteiger partial charge in [0.1, 0.15) is 36.8 Å². The highest BCUT2D eigenvalue weighted by Crippen LogP contribution is 2.22. The first-order valence-electron chi connectivity index (χ1n) is 18.7. The van der Waals surface area contributed by atoms with Crippen molar-refractivity contribution in [2.45, 2.75) is 148 Å². The first-order chi connectivity index (χ1) is 24.2. The Bertz CT molecular complexity index is 1110. The van der Waals surface area contributed by atoms with Gasteiger partial charge in [0.05, 0.1) is 12.0 Å². The molecule has 1 heterocycles. The molecule has 0 bridgehead atoms. The molecule has 0 unspecified atom stereocenters. The lowest BCUT2D eigenvalue weighted by atomic mass is 9.94. The number of nitrogens with one attached hydrogen (secondary N) is 4. The lowest BCUT2D eigenvalue weighted by Crippen LogP contribution is -2.61. The molecule has 1 rings (SSSR count). The predicted molar refractivity (Wildman–Crippen MR) is 193 cm³/mol. The number of esters is 1. The number of likely N-dealkylation sites (N-methyl/N-ethyl adjacent to an activating group) is 1. The topological polar surface area (TPSA) is 218 Å². The van der Waals surface area contributed by atoms with Crippen molar-refractivity contribution < 1.29 is 43.3 Å². The molecule has 1 saturated heterocycles. The molecule has 1 aliphatic heterocycles. The number of nitrogens with two attached hydrogens (primary N) is 1. The van der Waals surface area contributed by atoms with Gasteiger partial charge in [-0.1, -0.05) is 72.6 Å². The number of aliphatic hydroxyl groups excluding tert-OH is 1. The number of ether oxygens (including phenoxy) is 2. The van der Waals surface area contributed by atoms with Gasteiger partial charge < -0.3 is 46.5 Å². The molecular weight excluding hydrogens is 660 g/mol. The van der Waals surface area contributed by atoms with Crippen LogP contribution in [0, 0.1) is 11.8 Å². The maximum absolute atomic E-state index is 14.0. The predicted octanol–water partition coefficient (Wildman–Crippen LogP) is 1.29. The summed E-state index contributed by atoms with van der Waals surface area (Å²) in [6.45, 7) is 8.30. The standard InChI is InChI=1S/C36H66N6O9/c1-8-9-10-11-12-13-14-15-18-29-24(4)36(49)42(6)28(20-23(2)3)34(47)39-26(17-16-19-50-7)32(45)40-27(21-37)33(46)41-31(25(5)43)35(48)38-22-30(44)51-29/h23-29,31,43H,8-22,37H2,1-7H3,(H,38,48)(H,39,47)(H,40,45)(H,41,46)/t24-,25+,26+,27+,28+,29-,31+/m1/s1. The van der Waals surface area contributed by atoms with Crippen molar-refractivity contribution in [3.05, 3.63) is 0 Å². The maximum atomic E-state index is 14.0. The minimum atomic E-state index is -1.49. The molecule has 1 aliphatic rings. The van der Waals surface area contributed by atoms with Gasteiger partial charge in [-0.25, -0.2) is 0 Å². The van der Waals surface area contributed by atoms with E-state index in [0.29, 0.717) is 25.9 Å². The third kappa shape index (κ3) is 16.7. The highest BCUT2D eigenvalue weighted by Gasteiger charge is 2.37. The van der Waals surface area contributed by atoms with Crippen LogP contribution in [-0.4, -0.2) is 116 Å². The summed E-state index contributed by atoms with van der Waals surface area (Å²) in [5.74, 6) is -5.02. The molecule has 7 atom stereocenters. The smallest absolute Gasteiger partial charge is 0.325 e. The quantitative estimate of drug-likeness (QED) is 0.0932. The Balaban J connectivity index is 3.49. The van der Waals surface area contributed by atoms with Crippen molar-refractivity contribution in [1.29, 1.82) is 0 Å². The number of carbonyl (C=O) groups excluding carboxylic acids is 6. The summed E-state index contributed by atoms with van der Waals surface area (Å²) in [7, 11) is 3.03. The second kappa shape index (κ2) is 24.8. The zero-order chi connectivity index (χ0) is 38.5. The second-order valence-electron chi connectivity index (χ2n) is 14.1. The van der Waals surface area contributed by atoms with Gasteiger partial charge in [0.2, 0.25) is 29.5 Å². The van der Waals surface area contributed by atoms with Gasteiger partial charge in [-0.05, 0) is 44.9 Å². The second-order valence-corrected chi connectivity index (χ2v) is 14.1. The highest BCUT2D eigenvalue weighted by molar-refractivity contribution is 5.96. The van der Waals surface area contributed by atoms with Crippen LogP contribution in [0.1, 0.15) is 112 Å².